The van der Waals surface area contributed by atoms with Crippen molar-refractivity contribution in [2.24, 2.45) is 5.11 Å². The standard InChI is InChI=1S/C12H8Br2N4O3/c1-20-11-7(14)3-6(13)10-8(11)9(17-18-15)5(4-16-10)12(19)21-2/h3-4H,1-2H3. The summed E-state index contributed by atoms with van der Waals surface area (Å²) in [5.41, 5.74) is 9.45. The summed E-state index contributed by atoms with van der Waals surface area (Å²) in [5.74, 6) is -0.237. The summed E-state index contributed by atoms with van der Waals surface area (Å²) in [6.45, 7) is 0. The highest BCUT2D eigenvalue weighted by Crippen LogP contribution is 2.43. The molecule has 108 valence electrons. The molecule has 0 aliphatic rings. The van der Waals surface area contributed by atoms with Gasteiger partial charge in [0.2, 0.25) is 0 Å². The molecule has 0 radical (unpaired) electrons. The number of pyridine rings is 1. The van der Waals surface area contributed by atoms with Crippen LogP contribution in [0.25, 0.3) is 21.3 Å². The van der Waals surface area contributed by atoms with Crippen LogP contribution < -0.4 is 4.74 Å². The van der Waals surface area contributed by atoms with E-state index in [9.17, 15) is 4.79 Å². The third kappa shape index (κ3) is 2.67. The van der Waals surface area contributed by atoms with Gasteiger partial charge in [0.1, 0.15) is 5.75 Å². The quantitative estimate of drug-likeness (QED) is 0.319. The number of aromatic nitrogens is 1. The number of nitrogens with zero attached hydrogens (tertiary/aromatic N) is 4. The fourth-order valence-corrected chi connectivity index (χ4v) is 3.30. The molecule has 0 atom stereocenters. The average Bonchev–Trinajstić information content (AvgIpc) is 2.47. The Morgan fingerprint density at radius 2 is 2.10 bits per heavy atom. The van der Waals surface area contributed by atoms with Crippen LogP contribution in [0.3, 0.4) is 0 Å². The molecule has 0 amide bonds. The van der Waals surface area contributed by atoms with Crippen molar-refractivity contribution in [3.8, 4) is 5.75 Å². The lowest BCUT2D eigenvalue weighted by molar-refractivity contribution is 0.0601. The van der Waals surface area contributed by atoms with Crippen LogP contribution in [0, 0.1) is 0 Å². The van der Waals surface area contributed by atoms with Crippen molar-refractivity contribution in [2.75, 3.05) is 14.2 Å². The summed E-state index contributed by atoms with van der Waals surface area (Å²) in [4.78, 5) is 18.8. The van der Waals surface area contributed by atoms with Crippen LogP contribution >= 0.6 is 31.9 Å². The lowest BCUT2D eigenvalue weighted by atomic mass is 10.1. The van der Waals surface area contributed by atoms with Gasteiger partial charge in [-0.3, -0.25) is 4.98 Å². The van der Waals surface area contributed by atoms with Crippen molar-refractivity contribution in [3.05, 3.63) is 37.2 Å². The Morgan fingerprint density at radius 1 is 1.38 bits per heavy atom. The topological polar surface area (TPSA) is 97.2 Å². The molecule has 0 spiro atoms. The van der Waals surface area contributed by atoms with Gasteiger partial charge in [-0.1, -0.05) is 5.11 Å². The summed E-state index contributed by atoms with van der Waals surface area (Å²) < 4.78 is 11.3. The van der Waals surface area contributed by atoms with Gasteiger partial charge in [-0.05, 0) is 43.5 Å². The van der Waals surface area contributed by atoms with E-state index in [1.807, 2.05) is 0 Å². The number of methoxy groups -OCH3 is 2. The molecular weight excluding hydrogens is 408 g/mol. The Labute approximate surface area is 136 Å². The molecule has 0 N–H and O–H groups in total. The number of ether oxygens (including phenoxy) is 2. The molecule has 0 bridgehead atoms. The molecule has 0 saturated carbocycles. The Morgan fingerprint density at radius 3 is 2.67 bits per heavy atom. The summed E-state index contributed by atoms with van der Waals surface area (Å²) in [6, 6.07) is 1.76. The molecule has 2 rings (SSSR count). The first kappa shape index (κ1) is 15.6. The maximum absolute atomic E-state index is 11.8. The van der Waals surface area contributed by atoms with Gasteiger partial charge in [0.25, 0.3) is 0 Å². The Kier molecular flexibility index (Phi) is 4.66. The van der Waals surface area contributed by atoms with E-state index in [1.54, 1.807) is 6.07 Å². The number of fused-ring (bicyclic) bond motifs is 1. The number of halogens is 2. The van der Waals surface area contributed by atoms with Gasteiger partial charge < -0.3 is 9.47 Å². The first-order valence-corrected chi connectivity index (χ1v) is 7.11. The lowest BCUT2D eigenvalue weighted by Crippen LogP contribution is -2.03. The molecule has 9 heteroatoms. The normalized spacial score (nSPS) is 10.1. The number of esters is 1. The number of hydrogen-bond donors (Lipinski definition) is 0. The van der Waals surface area contributed by atoms with Crippen LogP contribution in [-0.2, 0) is 4.74 Å². The Bertz CT molecular complexity index is 788. The molecule has 0 fully saturated rings. The molecule has 1 aromatic carbocycles. The number of benzene rings is 1. The highest BCUT2D eigenvalue weighted by Gasteiger charge is 2.21. The fraction of sp³-hybridized carbons (Fsp3) is 0.167. The minimum absolute atomic E-state index is 0.0612. The smallest absolute Gasteiger partial charge is 0.339 e. The SMILES string of the molecule is COC(=O)c1cnc2c(Br)cc(Br)c(OC)c2c1N=[N+]=[N-]. The van der Waals surface area contributed by atoms with Gasteiger partial charge in [-0.2, -0.15) is 0 Å². The molecule has 0 unspecified atom stereocenters. The number of azide groups is 1. The summed E-state index contributed by atoms with van der Waals surface area (Å²) in [5, 5.41) is 4.03. The van der Waals surface area contributed by atoms with Crippen molar-refractivity contribution >= 4 is 54.4 Å². The van der Waals surface area contributed by atoms with Gasteiger partial charge in [0, 0.05) is 15.6 Å². The monoisotopic (exact) mass is 414 g/mol. The van der Waals surface area contributed by atoms with E-state index >= 15 is 0 Å². The second-order valence-electron chi connectivity index (χ2n) is 3.80. The second-order valence-corrected chi connectivity index (χ2v) is 5.51. The lowest BCUT2D eigenvalue weighted by Gasteiger charge is -2.13. The van der Waals surface area contributed by atoms with Crippen LogP contribution in [0.2, 0.25) is 0 Å². The largest absolute Gasteiger partial charge is 0.495 e. The fourth-order valence-electron chi connectivity index (χ4n) is 1.87. The first-order chi connectivity index (χ1) is 10.0. The maximum Gasteiger partial charge on any atom is 0.339 e. The van der Waals surface area contributed by atoms with E-state index < -0.39 is 5.97 Å². The maximum atomic E-state index is 11.8. The highest BCUT2D eigenvalue weighted by atomic mass is 79.9. The van der Waals surface area contributed by atoms with E-state index in [2.05, 4.69) is 51.6 Å². The first-order valence-electron chi connectivity index (χ1n) is 5.53. The molecule has 1 aromatic heterocycles. The van der Waals surface area contributed by atoms with Crippen LogP contribution in [0.1, 0.15) is 10.4 Å². The predicted octanol–water partition coefficient (Wildman–Crippen LogP) is 4.50. The predicted molar refractivity (Wildman–Crippen MR) is 83.8 cm³/mol. The summed E-state index contributed by atoms with van der Waals surface area (Å²) in [7, 11) is 2.71. The van der Waals surface area contributed by atoms with Crippen LogP contribution in [-0.4, -0.2) is 25.2 Å². The zero-order chi connectivity index (χ0) is 15.6. The van der Waals surface area contributed by atoms with E-state index in [1.165, 1.54) is 20.4 Å². The third-order valence-corrected chi connectivity index (χ3v) is 3.92. The van der Waals surface area contributed by atoms with Crippen molar-refractivity contribution in [1.29, 1.82) is 0 Å². The molecule has 0 saturated heterocycles. The molecule has 21 heavy (non-hydrogen) atoms. The van der Waals surface area contributed by atoms with Gasteiger partial charge in [-0.25, -0.2) is 4.79 Å². The Hall–Kier alpha value is -1.83. The molecule has 1 heterocycles. The van der Waals surface area contributed by atoms with Crippen LogP contribution in [0.5, 0.6) is 5.75 Å². The van der Waals surface area contributed by atoms with E-state index in [4.69, 9.17) is 10.3 Å². The van der Waals surface area contributed by atoms with E-state index in [-0.39, 0.29) is 11.3 Å². The second kappa shape index (κ2) is 6.30. The van der Waals surface area contributed by atoms with E-state index in [0.717, 1.165) is 0 Å². The molecule has 2 aromatic rings. The average molecular weight is 416 g/mol. The number of carbonyl (C=O) groups is 1. The van der Waals surface area contributed by atoms with Crippen molar-refractivity contribution in [2.45, 2.75) is 0 Å². The van der Waals surface area contributed by atoms with Crippen molar-refractivity contribution in [3.63, 3.8) is 0 Å². The molecule has 0 aliphatic carbocycles. The number of carbonyl (C=O) groups excluding carboxylic acids is 1. The zero-order valence-electron chi connectivity index (χ0n) is 10.9. The van der Waals surface area contributed by atoms with Gasteiger partial charge in [0.15, 0.2) is 0 Å². The van der Waals surface area contributed by atoms with Crippen molar-refractivity contribution in [1.82, 2.24) is 4.98 Å². The number of rotatable bonds is 3. The third-order valence-electron chi connectivity index (χ3n) is 2.73. The molecule has 7 nitrogen and oxygen atoms in total. The zero-order valence-corrected chi connectivity index (χ0v) is 14.1. The minimum Gasteiger partial charge on any atom is -0.495 e. The number of hydrogen-bond acceptors (Lipinski definition) is 5. The minimum atomic E-state index is -0.648. The molecular formula is C12H8Br2N4O3. The summed E-state index contributed by atoms with van der Waals surface area (Å²) in [6.07, 6.45) is 1.30. The van der Waals surface area contributed by atoms with Crippen LogP contribution in [0.15, 0.2) is 26.3 Å². The van der Waals surface area contributed by atoms with Crippen molar-refractivity contribution < 1.29 is 14.3 Å². The van der Waals surface area contributed by atoms with Gasteiger partial charge >= 0.3 is 5.97 Å². The van der Waals surface area contributed by atoms with E-state index in [0.29, 0.717) is 25.6 Å². The Balaban J connectivity index is 3.03. The van der Waals surface area contributed by atoms with Gasteiger partial charge in [0.05, 0.1) is 40.8 Å². The highest BCUT2D eigenvalue weighted by molar-refractivity contribution is 9.11. The van der Waals surface area contributed by atoms with Crippen LogP contribution in [0.4, 0.5) is 5.69 Å². The van der Waals surface area contributed by atoms with Gasteiger partial charge in [-0.15, -0.1) is 0 Å². The summed E-state index contributed by atoms with van der Waals surface area (Å²) >= 11 is 6.73. The molecule has 0 aliphatic heterocycles.